The number of hydrogen-bond acceptors (Lipinski definition) is 3. The van der Waals surface area contributed by atoms with E-state index >= 15 is 0 Å². The Kier molecular flexibility index (Phi) is 6.12. The fraction of sp³-hybridized carbons (Fsp3) is 0.350. The lowest BCUT2D eigenvalue weighted by Gasteiger charge is -2.36. The molecule has 1 amide bonds. The molecule has 0 saturated carbocycles. The van der Waals surface area contributed by atoms with E-state index in [1.165, 1.54) is 17.7 Å². The van der Waals surface area contributed by atoms with Crippen LogP contribution in [0, 0.1) is 12.7 Å². The topological polar surface area (TPSA) is 35.6 Å². The second-order valence-electron chi connectivity index (χ2n) is 6.60. The van der Waals surface area contributed by atoms with Crippen LogP contribution in [0.1, 0.15) is 11.1 Å². The lowest BCUT2D eigenvalue weighted by atomic mass is 10.1. The molecule has 2 aromatic rings. The average molecular weight is 376 g/mol. The van der Waals surface area contributed by atoms with Gasteiger partial charge in [0.15, 0.2) is 0 Å². The van der Waals surface area contributed by atoms with Crippen LogP contribution >= 0.6 is 11.6 Å². The number of carbonyl (C=O) groups excluding carboxylic acids is 1. The minimum absolute atomic E-state index is 0.0123. The van der Waals surface area contributed by atoms with Crippen LogP contribution in [0.15, 0.2) is 42.5 Å². The molecule has 0 spiro atoms. The van der Waals surface area contributed by atoms with E-state index in [1.54, 1.807) is 12.1 Å². The third-order valence-electron chi connectivity index (χ3n) is 4.65. The zero-order valence-electron chi connectivity index (χ0n) is 14.8. The van der Waals surface area contributed by atoms with Crippen molar-refractivity contribution in [1.29, 1.82) is 0 Å². The Bertz CT molecular complexity index is 758. The zero-order valence-corrected chi connectivity index (χ0v) is 15.6. The summed E-state index contributed by atoms with van der Waals surface area (Å²) in [6, 6.07) is 12.1. The highest BCUT2D eigenvalue weighted by Crippen LogP contribution is 2.25. The van der Waals surface area contributed by atoms with Crippen molar-refractivity contribution in [2.75, 3.05) is 37.6 Å². The molecule has 3 rings (SSSR count). The summed E-state index contributed by atoms with van der Waals surface area (Å²) in [6.07, 6.45) is 0. The normalized spacial score (nSPS) is 15.1. The maximum atomic E-state index is 12.9. The van der Waals surface area contributed by atoms with Gasteiger partial charge in [0.1, 0.15) is 5.82 Å². The second kappa shape index (κ2) is 8.52. The van der Waals surface area contributed by atoms with Crippen molar-refractivity contribution in [2.24, 2.45) is 0 Å². The highest BCUT2D eigenvalue weighted by molar-refractivity contribution is 6.30. The molecule has 6 heteroatoms. The van der Waals surface area contributed by atoms with Crippen LogP contribution in [0.3, 0.4) is 0 Å². The summed E-state index contributed by atoms with van der Waals surface area (Å²) in [7, 11) is 0. The van der Waals surface area contributed by atoms with Gasteiger partial charge in [-0.15, -0.1) is 0 Å². The summed E-state index contributed by atoms with van der Waals surface area (Å²) < 4.78 is 12.9. The van der Waals surface area contributed by atoms with Crippen LogP contribution in [-0.4, -0.2) is 43.5 Å². The van der Waals surface area contributed by atoms with Crippen LogP contribution in [0.5, 0.6) is 0 Å². The smallest absolute Gasteiger partial charge is 0.234 e. The Morgan fingerprint density at radius 1 is 1.12 bits per heavy atom. The van der Waals surface area contributed by atoms with E-state index in [1.807, 2.05) is 18.2 Å². The molecule has 1 heterocycles. The number of carbonyl (C=O) groups is 1. The molecule has 4 nitrogen and oxygen atoms in total. The summed E-state index contributed by atoms with van der Waals surface area (Å²) in [5.41, 5.74) is 3.26. The Labute approximate surface area is 158 Å². The first-order chi connectivity index (χ1) is 12.5. The number of nitrogens with one attached hydrogen (secondary N) is 1. The van der Waals surface area contributed by atoms with E-state index in [0.717, 1.165) is 42.5 Å². The van der Waals surface area contributed by atoms with Crippen LogP contribution in [0.4, 0.5) is 10.1 Å². The summed E-state index contributed by atoms with van der Waals surface area (Å²) >= 11 is 6.12. The molecule has 1 N–H and O–H groups in total. The Hall–Kier alpha value is -2.11. The van der Waals surface area contributed by atoms with E-state index in [9.17, 15) is 9.18 Å². The summed E-state index contributed by atoms with van der Waals surface area (Å²) in [6.45, 7) is 6.27. The zero-order chi connectivity index (χ0) is 18.5. The van der Waals surface area contributed by atoms with Crippen LogP contribution in [0.25, 0.3) is 0 Å². The monoisotopic (exact) mass is 375 g/mol. The standard InChI is InChI=1S/C20H23ClFN3O/c1-15-2-5-17(21)12-19(15)25-10-8-24(9-11-25)14-20(26)23-13-16-3-6-18(22)7-4-16/h2-7,12H,8-11,13-14H2,1H3,(H,23,26). The van der Waals surface area contributed by atoms with Gasteiger partial charge >= 0.3 is 0 Å². The van der Waals surface area contributed by atoms with E-state index in [-0.39, 0.29) is 11.7 Å². The highest BCUT2D eigenvalue weighted by atomic mass is 35.5. The van der Waals surface area contributed by atoms with E-state index in [0.29, 0.717) is 13.1 Å². The molecule has 26 heavy (non-hydrogen) atoms. The number of piperazine rings is 1. The van der Waals surface area contributed by atoms with Gasteiger partial charge in [-0.1, -0.05) is 29.8 Å². The minimum Gasteiger partial charge on any atom is -0.369 e. The molecule has 138 valence electrons. The maximum absolute atomic E-state index is 12.9. The molecule has 0 atom stereocenters. The predicted molar refractivity (Wildman–Crippen MR) is 103 cm³/mol. The van der Waals surface area contributed by atoms with Gasteiger partial charge in [0, 0.05) is 43.4 Å². The van der Waals surface area contributed by atoms with Crippen molar-refractivity contribution in [2.45, 2.75) is 13.5 Å². The van der Waals surface area contributed by atoms with Crippen molar-refractivity contribution in [1.82, 2.24) is 10.2 Å². The SMILES string of the molecule is Cc1ccc(Cl)cc1N1CCN(CC(=O)NCc2ccc(F)cc2)CC1. The number of rotatable bonds is 5. The highest BCUT2D eigenvalue weighted by Gasteiger charge is 2.20. The second-order valence-corrected chi connectivity index (χ2v) is 7.03. The quantitative estimate of drug-likeness (QED) is 0.871. The molecule has 1 fully saturated rings. The fourth-order valence-corrected chi connectivity index (χ4v) is 3.30. The molecule has 0 unspecified atom stereocenters. The number of halogens is 2. The molecule has 0 aliphatic carbocycles. The third kappa shape index (κ3) is 4.96. The van der Waals surface area contributed by atoms with Crippen molar-refractivity contribution >= 4 is 23.2 Å². The van der Waals surface area contributed by atoms with Gasteiger partial charge < -0.3 is 10.2 Å². The van der Waals surface area contributed by atoms with Crippen molar-refractivity contribution in [3.8, 4) is 0 Å². The van der Waals surface area contributed by atoms with Crippen molar-refractivity contribution < 1.29 is 9.18 Å². The Balaban J connectivity index is 1.45. The lowest BCUT2D eigenvalue weighted by Crippen LogP contribution is -2.49. The van der Waals surface area contributed by atoms with Gasteiger partial charge in [0.05, 0.1) is 6.54 Å². The van der Waals surface area contributed by atoms with Gasteiger partial charge in [-0.05, 0) is 42.3 Å². The number of hydrogen-bond donors (Lipinski definition) is 1. The fourth-order valence-electron chi connectivity index (χ4n) is 3.13. The van der Waals surface area contributed by atoms with Gasteiger partial charge in [0.2, 0.25) is 5.91 Å². The van der Waals surface area contributed by atoms with E-state index in [4.69, 9.17) is 11.6 Å². The van der Waals surface area contributed by atoms with Crippen molar-refractivity contribution in [3.05, 3.63) is 64.4 Å². The third-order valence-corrected chi connectivity index (χ3v) is 4.89. The molecule has 1 saturated heterocycles. The number of nitrogens with zero attached hydrogens (tertiary/aromatic N) is 2. The van der Waals surface area contributed by atoms with Crippen LogP contribution < -0.4 is 10.2 Å². The number of anilines is 1. The summed E-state index contributed by atoms with van der Waals surface area (Å²) in [5, 5.41) is 3.63. The van der Waals surface area contributed by atoms with E-state index in [2.05, 4.69) is 22.0 Å². The van der Waals surface area contributed by atoms with Gasteiger partial charge in [-0.3, -0.25) is 9.69 Å². The first-order valence-corrected chi connectivity index (χ1v) is 9.13. The minimum atomic E-state index is -0.270. The molecule has 2 aromatic carbocycles. The molecule has 0 radical (unpaired) electrons. The average Bonchev–Trinajstić information content (AvgIpc) is 2.64. The molecule has 0 bridgehead atoms. The van der Waals surface area contributed by atoms with Gasteiger partial charge in [-0.2, -0.15) is 0 Å². The number of amides is 1. The molecule has 0 aromatic heterocycles. The van der Waals surface area contributed by atoms with Gasteiger partial charge in [0.25, 0.3) is 0 Å². The van der Waals surface area contributed by atoms with Gasteiger partial charge in [-0.25, -0.2) is 4.39 Å². The molecule has 1 aliphatic heterocycles. The summed E-state index contributed by atoms with van der Waals surface area (Å²) in [5.74, 6) is -0.283. The largest absolute Gasteiger partial charge is 0.369 e. The number of benzene rings is 2. The molecular weight excluding hydrogens is 353 g/mol. The van der Waals surface area contributed by atoms with Crippen molar-refractivity contribution in [3.63, 3.8) is 0 Å². The number of aryl methyl sites for hydroxylation is 1. The first-order valence-electron chi connectivity index (χ1n) is 8.76. The van der Waals surface area contributed by atoms with E-state index < -0.39 is 0 Å². The van der Waals surface area contributed by atoms with Crippen LogP contribution in [-0.2, 0) is 11.3 Å². The molecular formula is C20H23ClFN3O. The predicted octanol–water partition coefficient (Wildman–Crippen LogP) is 3.23. The Morgan fingerprint density at radius 3 is 2.50 bits per heavy atom. The lowest BCUT2D eigenvalue weighted by molar-refractivity contribution is -0.122. The van der Waals surface area contributed by atoms with Crippen LogP contribution in [0.2, 0.25) is 5.02 Å². The summed E-state index contributed by atoms with van der Waals surface area (Å²) in [4.78, 5) is 16.6. The first kappa shape index (κ1) is 18.7. The Morgan fingerprint density at radius 2 is 1.81 bits per heavy atom. The molecule has 1 aliphatic rings. The maximum Gasteiger partial charge on any atom is 0.234 e.